The lowest BCUT2D eigenvalue weighted by molar-refractivity contribution is 0.0827. The monoisotopic (exact) mass is 373 g/mol. The van der Waals surface area contributed by atoms with Gasteiger partial charge in [0.2, 0.25) is 0 Å². The Labute approximate surface area is 164 Å². The lowest BCUT2D eigenvalue weighted by atomic mass is 10.1. The predicted molar refractivity (Wildman–Crippen MR) is 112 cm³/mol. The van der Waals surface area contributed by atoms with Gasteiger partial charge in [-0.2, -0.15) is 0 Å². The highest BCUT2D eigenvalue weighted by Gasteiger charge is 2.10. The maximum Gasteiger partial charge on any atom is 0.253 e. The first-order chi connectivity index (χ1) is 13.1. The third-order valence-electron chi connectivity index (χ3n) is 4.77. The molecule has 27 heavy (non-hydrogen) atoms. The van der Waals surface area contributed by atoms with E-state index < -0.39 is 0 Å². The van der Waals surface area contributed by atoms with Crippen LogP contribution in [0.3, 0.4) is 0 Å². The maximum absolute atomic E-state index is 12.1. The Hall–Kier alpha value is -2.08. The minimum Gasteiger partial charge on any atom is -0.357 e. The molecule has 0 aliphatic carbocycles. The molecule has 1 fully saturated rings. The molecule has 2 N–H and O–H groups in total. The number of aliphatic imine (C=N–C) groups is 1. The zero-order chi connectivity index (χ0) is 19.5. The summed E-state index contributed by atoms with van der Waals surface area (Å²) in [5.41, 5.74) is 1.89. The quantitative estimate of drug-likeness (QED) is 0.540. The Balaban J connectivity index is 1.80. The van der Waals surface area contributed by atoms with Crippen molar-refractivity contribution in [1.82, 2.24) is 20.4 Å². The van der Waals surface area contributed by atoms with Crippen molar-refractivity contribution < 1.29 is 4.79 Å². The van der Waals surface area contributed by atoms with Crippen LogP contribution in [-0.4, -0.2) is 75.0 Å². The van der Waals surface area contributed by atoms with Crippen molar-refractivity contribution in [3.05, 3.63) is 35.4 Å². The van der Waals surface area contributed by atoms with E-state index in [0.717, 1.165) is 49.7 Å². The first-order valence-corrected chi connectivity index (χ1v) is 10.1. The molecule has 1 amide bonds. The fourth-order valence-electron chi connectivity index (χ4n) is 3.27. The van der Waals surface area contributed by atoms with E-state index in [4.69, 9.17) is 4.99 Å². The predicted octanol–water partition coefficient (Wildman–Crippen LogP) is 1.97. The number of nitrogens with zero attached hydrogens (tertiary/aromatic N) is 3. The van der Waals surface area contributed by atoms with Crippen molar-refractivity contribution in [2.24, 2.45) is 4.99 Å². The van der Waals surface area contributed by atoms with Crippen LogP contribution in [-0.2, 0) is 6.42 Å². The van der Waals surface area contributed by atoms with Gasteiger partial charge in [0.15, 0.2) is 5.96 Å². The summed E-state index contributed by atoms with van der Waals surface area (Å²) in [6, 6.07) is 7.86. The van der Waals surface area contributed by atoms with Crippen LogP contribution in [0.5, 0.6) is 0 Å². The van der Waals surface area contributed by atoms with Gasteiger partial charge in [-0.3, -0.25) is 9.79 Å². The Bertz CT molecular complexity index is 608. The van der Waals surface area contributed by atoms with Crippen molar-refractivity contribution in [2.75, 3.05) is 53.4 Å². The van der Waals surface area contributed by atoms with Crippen LogP contribution in [0.15, 0.2) is 29.3 Å². The summed E-state index contributed by atoms with van der Waals surface area (Å²) < 4.78 is 0. The molecule has 6 heteroatoms. The smallest absolute Gasteiger partial charge is 0.253 e. The normalized spacial score (nSPS) is 15.4. The van der Waals surface area contributed by atoms with Crippen LogP contribution in [0, 0.1) is 0 Å². The highest BCUT2D eigenvalue weighted by atomic mass is 16.2. The zero-order valence-corrected chi connectivity index (χ0v) is 17.1. The summed E-state index contributed by atoms with van der Waals surface area (Å²) in [7, 11) is 3.55. The lowest BCUT2D eigenvalue weighted by Gasteiger charge is -2.25. The minimum atomic E-state index is 0.0393. The van der Waals surface area contributed by atoms with Crippen molar-refractivity contribution in [1.29, 1.82) is 0 Å². The number of piperidine rings is 1. The lowest BCUT2D eigenvalue weighted by Crippen LogP contribution is -2.39. The number of hydrogen-bond acceptors (Lipinski definition) is 3. The summed E-state index contributed by atoms with van der Waals surface area (Å²) in [4.78, 5) is 20.9. The second kappa shape index (κ2) is 11.6. The number of benzene rings is 1. The molecule has 1 aliphatic rings. The van der Waals surface area contributed by atoms with Gasteiger partial charge in [-0.1, -0.05) is 18.6 Å². The molecule has 1 aromatic rings. The van der Waals surface area contributed by atoms with Gasteiger partial charge in [-0.15, -0.1) is 0 Å². The van der Waals surface area contributed by atoms with E-state index >= 15 is 0 Å². The van der Waals surface area contributed by atoms with E-state index in [1.807, 2.05) is 18.2 Å². The zero-order valence-electron chi connectivity index (χ0n) is 17.1. The second-order valence-electron chi connectivity index (χ2n) is 7.24. The average molecular weight is 374 g/mol. The van der Waals surface area contributed by atoms with E-state index in [9.17, 15) is 4.79 Å². The first-order valence-electron chi connectivity index (χ1n) is 10.1. The molecule has 0 radical (unpaired) electrons. The summed E-state index contributed by atoms with van der Waals surface area (Å²) in [6.07, 6.45) is 4.85. The molecule has 6 nitrogen and oxygen atoms in total. The number of nitrogens with one attached hydrogen (secondary N) is 2. The molecule has 0 atom stereocenters. The number of amides is 1. The molecule has 1 saturated heterocycles. The highest BCUT2D eigenvalue weighted by molar-refractivity contribution is 5.94. The van der Waals surface area contributed by atoms with Gasteiger partial charge >= 0.3 is 0 Å². The molecule has 150 valence electrons. The van der Waals surface area contributed by atoms with Crippen LogP contribution >= 0.6 is 0 Å². The van der Waals surface area contributed by atoms with Gasteiger partial charge in [-0.25, -0.2) is 0 Å². The number of carbonyl (C=O) groups is 1. The highest BCUT2D eigenvalue weighted by Crippen LogP contribution is 2.08. The van der Waals surface area contributed by atoms with Gasteiger partial charge in [0, 0.05) is 39.3 Å². The van der Waals surface area contributed by atoms with E-state index in [0.29, 0.717) is 0 Å². The fourth-order valence-corrected chi connectivity index (χ4v) is 3.27. The third kappa shape index (κ3) is 7.59. The van der Waals surface area contributed by atoms with E-state index in [1.54, 1.807) is 19.0 Å². The van der Waals surface area contributed by atoms with Gasteiger partial charge in [0.1, 0.15) is 0 Å². The van der Waals surface area contributed by atoms with Gasteiger partial charge < -0.3 is 20.4 Å². The Morgan fingerprint density at radius 2 is 1.96 bits per heavy atom. The molecule has 0 spiro atoms. The SMILES string of the molecule is CCNC(=NCCN1CCCCC1)NCCc1cccc(C(=O)N(C)C)c1. The number of guanidine groups is 1. The number of likely N-dealkylation sites (tertiary alicyclic amines) is 1. The number of carbonyl (C=O) groups excluding carboxylic acids is 1. The van der Waals surface area contributed by atoms with E-state index in [-0.39, 0.29) is 5.91 Å². The Morgan fingerprint density at radius 3 is 2.67 bits per heavy atom. The molecule has 0 aromatic heterocycles. The summed E-state index contributed by atoms with van der Waals surface area (Å²) >= 11 is 0. The van der Waals surface area contributed by atoms with Crippen molar-refractivity contribution >= 4 is 11.9 Å². The summed E-state index contributed by atoms with van der Waals surface area (Å²) in [6.45, 7) is 7.99. The van der Waals surface area contributed by atoms with Crippen LogP contribution in [0.4, 0.5) is 0 Å². The fraction of sp³-hybridized carbons (Fsp3) is 0.619. The molecular weight excluding hydrogens is 338 g/mol. The van der Waals surface area contributed by atoms with E-state index in [1.165, 1.54) is 32.4 Å². The standard InChI is InChI=1S/C21H35N5O/c1-4-22-21(24-13-16-26-14-6-5-7-15-26)23-12-11-18-9-8-10-19(17-18)20(27)25(2)3/h8-10,17H,4-7,11-16H2,1-3H3,(H2,22,23,24). The largest absolute Gasteiger partial charge is 0.357 e. The van der Waals surface area contributed by atoms with E-state index in [2.05, 4.69) is 28.5 Å². The molecule has 1 aromatic carbocycles. The number of rotatable bonds is 8. The third-order valence-corrected chi connectivity index (χ3v) is 4.77. The maximum atomic E-state index is 12.1. The topological polar surface area (TPSA) is 60.0 Å². The van der Waals surface area contributed by atoms with Gasteiger partial charge in [0.05, 0.1) is 6.54 Å². The van der Waals surface area contributed by atoms with Gasteiger partial charge in [-0.05, 0) is 57.0 Å². The number of hydrogen-bond donors (Lipinski definition) is 2. The molecule has 0 bridgehead atoms. The molecule has 0 saturated carbocycles. The molecule has 1 heterocycles. The van der Waals surface area contributed by atoms with Crippen molar-refractivity contribution in [2.45, 2.75) is 32.6 Å². The minimum absolute atomic E-state index is 0.0393. The van der Waals surface area contributed by atoms with Crippen LogP contribution < -0.4 is 10.6 Å². The van der Waals surface area contributed by atoms with Gasteiger partial charge in [0.25, 0.3) is 5.91 Å². The van der Waals surface area contributed by atoms with Crippen LogP contribution in [0.2, 0.25) is 0 Å². The Morgan fingerprint density at radius 1 is 1.19 bits per heavy atom. The molecule has 1 aliphatic heterocycles. The first kappa shape index (κ1) is 21.2. The molecular formula is C21H35N5O. The summed E-state index contributed by atoms with van der Waals surface area (Å²) in [5, 5.41) is 6.71. The van der Waals surface area contributed by atoms with Crippen molar-refractivity contribution in [3.63, 3.8) is 0 Å². The Kier molecular flexibility index (Phi) is 9.11. The molecule has 2 rings (SSSR count). The summed E-state index contributed by atoms with van der Waals surface area (Å²) in [5.74, 6) is 0.910. The van der Waals surface area contributed by atoms with Crippen LogP contribution in [0.25, 0.3) is 0 Å². The second-order valence-corrected chi connectivity index (χ2v) is 7.24. The average Bonchev–Trinajstić information content (AvgIpc) is 2.68. The van der Waals surface area contributed by atoms with Crippen molar-refractivity contribution in [3.8, 4) is 0 Å². The van der Waals surface area contributed by atoms with Crippen LogP contribution in [0.1, 0.15) is 42.1 Å². The molecule has 0 unspecified atom stereocenters.